The number of carbonyl (C=O) groups excluding carboxylic acids is 3. The van der Waals surface area contributed by atoms with Crippen LogP contribution in [-0.2, 0) is 27.3 Å². The second-order valence-electron chi connectivity index (χ2n) is 7.51. The van der Waals surface area contributed by atoms with E-state index in [1.54, 1.807) is 0 Å². The van der Waals surface area contributed by atoms with Crippen LogP contribution in [0, 0.1) is 0 Å². The Balaban J connectivity index is 0.00000900. The van der Waals surface area contributed by atoms with E-state index in [1.165, 1.54) is 23.0 Å². The molecule has 168 valence electrons. The van der Waals surface area contributed by atoms with E-state index in [1.807, 2.05) is 6.07 Å². The average Bonchev–Trinajstić information content (AvgIpc) is 2.74. The molecule has 0 aliphatic heterocycles. The molecule has 2 amide bonds. The van der Waals surface area contributed by atoms with Gasteiger partial charge in [0.25, 0.3) is 5.91 Å². The molecule has 1 aromatic rings. The first-order valence-corrected chi connectivity index (χ1v) is 10.7. The normalized spacial score (nSPS) is 11.3. The van der Waals surface area contributed by atoms with E-state index < -0.39 is 17.9 Å². The fraction of sp³-hybridized carbons (Fsp3) is 0.591. The molecule has 31 heavy (non-hydrogen) atoms. The number of hydrogen-bond donors (Lipinski definition) is 4. The molecule has 0 spiro atoms. The van der Waals surface area contributed by atoms with Crippen molar-refractivity contribution in [3.05, 3.63) is 35.4 Å². The van der Waals surface area contributed by atoms with Gasteiger partial charge in [-0.15, -0.1) is 0 Å². The van der Waals surface area contributed by atoms with Gasteiger partial charge in [-0.1, -0.05) is 56.4 Å². The SMILES string of the molecule is NCc1cccc(CCCCCCCCCC(=O)N[C@H](CCC(=O)[O-])C(=O)NO)c1.[Na+]. The predicted octanol–water partition coefficient (Wildman–Crippen LogP) is -1.67. The Morgan fingerprint density at radius 3 is 2.19 bits per heavy atom. The molecule has 0 saturated carbocycles. The number of rotatable bonds is 16. The number of carboxylic acid groups (broad SMARTS) is 1. The third-order valence-electron chi connectivity index (χ3n) is 5.00. The molecule has 0 aliphatic carbocycles. The largest absolute Gasteiger partial charge is 1.00 e. The van der Waals surface area contributed by atoms with Gasteiger partial charge in [-0.2, -0.15) is 0 Å². The number of hydroxylamine groups is 1. The molecule has 0 heterocycles. The van der Waals surface area contributed by atoms with Gasteiger partial charge in [0, 0.05) is 18.9 Å². The Morgan fingerprint density at radius 2 is 1.58 bits per heavy atom. The number of carboxylic acids is 1. The van der Waals surface area contributed by atoms with Crippen molar-refractivity contribution in [1.29, 1.82) is 0 Å². The van der Waals surface area contributed by atoms with Crippen molar-refractivity contribution in [3.8, 4) is 0 Å². The van der Waals surface area contributed by atoms with Crippen LogP contribution in [0.2, 0.25) is 0 Å². The molecule has 0 aliphatic rings. The summed E-state index contributed by atoms with van der Waals surface area (Å²) >= 11 is 0. The van der Waals surface area contributed by atoms with E-state index in [0.717, 1.165) is 38.5 Å². The Kier molecular flexibility index (Phi) is 17.3. The quantitative estimate of drug-likeness (QED) is 0.104. The van der Waals surface area contributed by atoms with Crippen LogP contribution < -0.4 is 51.2 Å². The molecule has 1 rings (SSSR count). The molecule has 0 saturated heterocycles. The maximum absolute atomic E-state index is 11.9. The molecule has 0 aromatic heterocycles. The van der Waals surface area contributed by atoms with Crippen molar-refractivity contribution in [2.24, 2.45) is 5.73 Å². The van der Waals surface area contributed by atoms with Crippen molar-refractivity contribution in [3.63, 3.8) is 0 Å². The van der Waals surface area contributed by atoms with Gasteiger partial charge in [0.1, 0.15) is 6.04 Å². The molecule has 0 bridgehead atoms. The number of nitrogens with one attached hydrogen (secondary N) is 2. The van der Waals surface area contributed by atoms with Crippen LogP contribution in [0.3, 0.4) is 0 Å². The van der Waals surface area contributed by atoms with Gasteiger partial charge in [-0.3, -0.25) is 14.8 Å². The van der Waals surface area contributed by atoms with Crippen LogP contribution in [0.25, 0.3) is 0 Å². The van der Waals surface area contributed by atoms with Gasteiger partial charge in [-0.05, 0) is 43.2 Å². The van der Waals surface area contributed by atoms with E-state index in [9.17, 15) is 19.5 Å². The van der Waals surface area contributed by atoms with E-state index in [0.29, 0.717) is 13.0 Å². The van der Waals surface area contributed by atoms with Gasteiger partial charge in [0.2, 0.25) is 5.91 Å². The number of unbranched alkanes of at least 4 members (excludes halogenated alkanes) is 6. The molecule has 5 N–H and O–H groups in total. The molecule has 0 fully saturated rings. The maximum Gasteiger partial charge on any atom is 1.00 e. The van der Waals surface area contributed by atoms with Gasteiger partial charge in [-0.25, -0.2) is 5.48 Å². The maximum atomic E-state index is 11.9. The van der Waals surface area contributed by atoms with E-state index in [4.69, 9.17) is 10.9 Å². The van der Waals surface area contributed by atoms with E-state index in [-0.39, 0.29) is 54.7 Å². The van der Waals surface area contributed by atoms with Crippen molar-refractivity contribution in [1.82, 2.24) is 10.8 Å². The van der Waals surface area contributed by atoms with Crippen molar-refractivity contribution in [2.75, 3.05) is 0 Å². The summed E-state index contributed by atoms with van der Waals surface area (Å²) in [5.74, 6) is -2.48. The van der Waals surface area contributed by atoms with Gasteiger partial charge < -0.3 is 21.0 Å². The van der Waals surface area contributed by atoms with Crippen LogP contribution in [-0.4, -0.2) is 29.0 Å². The zero-order valence-corrected chi connectivity index (χ0v) is 20.5. The zero-order chi connectivity index (χ0) is 22.2. The molecule has 1 atom stereocenters. The number of amides is 2. The van der Waals surface area contributed by atoms with Crippen LogP contribution in [0.5, 0.6) is 0 Å². The summed E-state index contributed by atoms with van der Waals surface area (Å²) in [7, 11) is 0. The minimum Gasteiger partial charge on any atom is -0.550 e. The first kappa shape index (κ1) is 29.5. The Morgan fingerprint density at radius 1 is 0.968 bits per heavy atom. The molecular weight excluding hydrogens is 409 g/mol. The first-order valence-electron chi connectivity index (χ1n) is 10.7. The topological polar surface area (TPSA) is 145 Å². The van der Waals surface area contributed by atoms with Gasteiger partial charge in [0.15, 0.2) is 0 Å². The van der Waals surface area contributed by atoms with Crippen LogP contribution in [0.4, 0.5) is 0 Å². The zero-order valence-electron chi connectivity index (χ0n) is 18.5. The fourth-order valence-electron chi connectivity index (χ4n) is 3.29. The third kappa shape index (κ3) is 14.3. The molecule has 0 unspecified atom stereocenters. The Labute approximate surface area is 206 Å². The van der Waals surface area contributed by atoms with Crippen molar-refractivity contribution in [2.45, 2.75) is 83.2 Å². The summed E-state index contributed by atoms with van der Waals surface area (Å²) in [6.45, 7) is 0.570. The van der Waals surface area contributed by atoms with Crippen LogP contribution in [0.1, 0.15) is 75.3 Å². The summed E-state index contributed by atoms with van der Waals surface area (Å²) in [6.07, 6.45) is 8.08. The predicted molar refractivity (Wildman–Crippen MR) is 111 cm³/mol. The number of aliphatic carboxylic acids is 1. The minimum absolute atomic E-state index is 0. The van der Waals surface area contributed by atoms with E-state index in [2.05, 4.69) is 23.5 Å². The Hall–Kier alpha value is -1.45. The van der Waals surface area contributed by atoms with E-state index >= 15 is 0 Å². The number of benzene rings is 1. The van der Waals surface area contributed by atoms with Crippen molar-refractivity contribution >= 4 is 17.8 Å². The van der Waals surface area contributed by atoms with Crippen LogP contribution >= 0.6 is 0 Å². The second-order valence-corrected chi connectivity index (χ2v) is 7.51. The smallest absolute Gasteiger partial charge is 0.550 e. The summed E-state index contributed by atoms with van der Waals surface area (Å²) in [5, 5.41) is 21.7. The van der Waals surface area contributed by atoms with Crippen LogP contribution in [0.15, 0.2) is 24.3 Å². The molecule has 8 nitrogen and oxygen atoms in total. The number of hydrogen-bond acceptors (Lipinski definition) is 6. The molecule has 9 heteroatoms. The van der Waals surface area contributed by atoms with Gasteiger partial charge >= 0.3 is 29.6 Å². The molecule has 1 aromatic carbocycles. The summed E-state index contributed by atoms with van der Waals surface area (Å²) in [4.78, 5) is 33.9. The van der Waals surface area contributed by atoms with Gasteiger partial charge in [0.05, 0.1) is 0 Å². The standard InChI is InChI=1S/C22H35N3O5.Na/c23-16-18-11-8-10-17(15-18)9-6-4-2-1-3-5-7-12-20(26)24-19(22(29)25-30)13-14-21(27)28;/h8,10-11,15,19,30H,1-7,9,12-14,16,23H2,(H,24,26)(H,25,29)(H,27,28);/q;+1/p-1/t19-;/m1./s1. The summed E-state index contributed by atoms with van der Waals surface area (Å²) in [6, 6.07) is 7.32. The summed E-state index contributed by atoms with van der Waals surface area (Å²) in [5.41, 5.74) is 9.60. The average molecular weight is 444 g/mol. The first-order chi connectivity index (χ1) is 14.5. The number of carbonyl (C=O) groups is 3. The van der Waals surface area contributed by atoms with Crippen molar-refractivity contribution < 1.29 is 54.3 Å². The molecular formula is C22H34N3NaO5. The fourth-order valence-corrected chi connectivity index (χ4v) is 3.29. The Bertz CT molecular complexity index is 672. The monoisotopic (exact) mass is 443 g/mol. The molecule has 0 radical (unpaired) electrons. The number of nitrogens with two attached hydrogens (primary N) is 1. The minimum atomic E-state index is -1.32. The second kappa shape index (κ2) is 18.2. The summed E-state index contributed by atoms with van der Waals surface area (Å²) < 4.78 is 0. The number of aryl methyl sites for hydroxylation is 1. The third-order valence-corrected chi connectivity index (χ3v) is 5.00.